The molecule has 2 aliphatic heterocycles. The third-order valence-electron chi connectivity index (χ3n) is 7.52. The molecule has 1 saturated heterocycles. The van der Waals surface area contributed by atoms with Crippen molar-refractivity contribution >= 4 is 68.9 Å². The Labute approximate surface area is 279 Å². The number of aromatic nitrogens is 2. The Balaban J connectivity index is 1.38. The van der Waals surface area contributed by atoms with Crippen LogP contribution in [0, 0.1) is 0 Å². The van der Waals surface area contributed by atoms with Gasteiger partial charge >= 0.3 is 5.91 Å². The van der Waals surface area contributed by atoms with Gasteiger partial charge in [0.2, 0.25) is 5.13 Å². The van der Waals surface area contributed by atoms with E-state index in [0.717, 1.165) is 29.7 Å². The highest BCUT2D eigenvalue weighted by atomic mass is 35.5. The zero-order valence-corrected chi connectivity index (χ0v) is 27.6. The summed E-state index contributed by atoms with van der Waals surface area (Å²) in [6, 6.07) is 16.9. The minimum absolute atomic E-state index is 0.0126. The first-order valence-corrected chi connectivity index (χ1v) is 17.0. The number of benzene rings is 3. The highest BCUT2D eigenvalue weighted by Gasteiger charge is 2.48. The molecule has 1 aromatic heterocycles. The van der Waals surface area contributed by atoms with Gasteiger partial charge in [-0.05, 0) is 72.5 Å². The molecule has 1 fully saturated rings. The Morgan fingerprint density at radius 3 is 2.78 bits per heavy atom. The van der Waals surface area contributed by atoms with E-state index in [0.29, 0.717) is 50.0 Å². The number of rotatable bonds is 10. The average molecular weight is 683 g/mol. The predicted octanol–water partition coefficient (Wildman–Crippen LogP) is 8.27. The van der Waals surface area contributed by atoms with Crippen molar-refractivity contribution in [1.29, 1.82) is 0 Å². The van der Waals surface area contributed by atoms with Gasteiger partial charge in [-0.3, -0.25) is 14.5 Å². The Hall–Kier alpha value is -3.57. The molecule has 2 atom stereocenters. The molecule has 0 spiro atoms. The van der Waals surface area contributed by atoms with Gasteiger partial charge in [-0.25, -0.2) is 0 Å². The first-order valence-electron chi connectivity index (χ1n) is 14.5. The van der Waals surface area contributed by atoms with Crippen LogP contribution in [0.25, 0.3) is 5.76 Å². The van der Waals surface area contributed by atoms with E-state index in [4.69, 9.17) is 32.7 Å². The number of carbonyl (C=O) groups is 2. The molecule has 45 heavy (non-hydrogen) atoms. The molecule has 8 nitrogen and oxygen atoms in total. The molecule has 0 unspecified atom stereocenters. The maximum atomic E-state index is 13.7. The molecule has 4 aromatic rings. The fraction of sp³-hybridized carbons (Fsp3) is 0.273. The van der Waals surface area contributed by atoms with E-state index in [1.807, 2.05) is 31.2 Å². The zero-order valence-electron chi connectivity index (χ0n) is 24.5. The number of Topliss-reactive ketones (excluding diaryl/α,β-unsaturated/α-hetero) is 1. The van der Waals surface area contributed by atoms with Gasteiger partial charge in [0.05, 0.1) is 18.2 Å². The van der Waals surface area contributed by atoms with Crippen molar-refractivity contribution in [3.63, 3.8) is 0 Å². The Morgan fingerprint density at radius 2 is 1.98 bits per heavy atom. The van der Waals surface area contributed by atoms with E-state index in [1.54, 1.807) is 36.4 Å². The Kier molecular flexibility index (Phi) is 9.37. The number of thioether (sulfide) groups is 1. The number of carbonyl (C=O) groups excluding carboxylic acids is 2. The fourth-order valence-electron chi connectivity index (χ4n) is 5.32. The summed E-state index contributed by atoms with van der Waals surface area (Å²) in [6.07, 6.45) is 2.55. The van der Waals surface area contributed by atoms with Crippen LogP contribution in [-0.4, -0.2) is 39.7 Å². The number of unbranched alkanes of at least 4 members (excludes halogenated alkanes) is 1. The molecule has 2 aliphatic rings. The molecule has 6 rings (SSSR count). The van der Waals surface area contributed by atoms with Crippen molar-refractivity contribution in [2.75, 3.05) is 11.5 Å². The molecule has 0 aliphatic carbocycles. The van der Waals surface area contributed by atoms with Gasteiger partial charge in [-0.2, -0.15) is 0 Å². The van der Waals surface area contributed by atoms with E-state index in [1.165, 1.54) is 28.0 Å². The van der Waals surface area contributed by atoms with E-state index in [-0.39, 0.29) is 22.6 Å². The smallest absolute Gasteiger partial charge is 0.301 e. The molecule has 0 radical (unpaired) electrons. The van der Waals surface area contributed by atoms with Crippen LogP contribution in [0.4, 0.5) is 5.13 Å². The van der Waals surface area contributed by atoms with Gasteiger partial charge in [-0.15, -0.1) is 10.2 Å². The van der Waals surface area contributed by atoms with Crippen LogP contribution < -0.4 is 14.4 Å². The van der Waals surface area contributed by atoms with Crippen molar-refractivity contribution < 1.29 is 24.2 Å². The summed E-state index contributed by atoms with van der Waals surface area (Å²) in [5.74, 6) is -0.0278. The summed E-state index contributed by atoms with van der Waals surface area (Å²) in [4.78, 5) is 28.7. The number of aliphatic hydroxyl groups excluding tert-OH is 1. The van der Waals surface area contributed by atoms with Crippen molar-refractivity contribution in [3.05, 3.63) is 98.5 Å². The number of halogens is 2. The fourth-order valence-corrected chi connectivity index (χ4v) is 7.74. The number of fused-ring (bicyclic) bond motifs is 1. The van der Waals surface area contributed by atoms with E-state index < -0.39 is 17.7 Å². The zero-order chi connectivity index (χ0) is 31.7. The maximum Gasteiger partial charge on any atom is 0.301 e. The summed E-state index contributed by atoms with van der Waals surface area (Å²) >= 11 is 15.0. The van der Waals surface area contributed by atoms with Gasteiger partial charge in [0.15, 0.2) is 4.34 Å². The summed E-state index contributed by atoms with van der Waals surface area (Å²) in [5.41, 5.74) is 2.79. The van der Waals surface area contributed by atoms with E-state index in [9.17, 15) is 14.7 Å². The highest BCUT2D eigenvalue weighted by molar-refractivity contribution is 8.00. The van der Waals surface area contributed by atoms with Crippen LogP contribution in [0.15, 0.2) is 70.6 Å². The third-order valence-corrected chi connectivity index (χ3v) is 10.2. The second-order valence-corrected chi connectivity index (χ2v) is 13.8. The topological polar surface area (TPSA) is 102 Å². The van der Waals surface area contributed by atoms with Gasteiger partial charge in [0.25, 0.3) is 5.78 Å². The lowest BCUT2D eigenvalue weighted by atomic mass is 9.94. The van der Waals surface area contributed by atoms with Crippen LogP contribution in [0.2, 0.25) is 10.0 Å². The average Bonchev–Trinajstić information content (AvgIpc) is 3.71. The quantitative estimate of drug-likeness (QED) is 0.0446. The third kappa shape index (κ3) is 6.56. The minimum Gasteiger partial charge on any atom is -0.507 e. The van der Waals surface area contributed by atoms with E-state index in [2.05, 4.69) is 17.1 Å². The predicted molar refractivity (Wildman–Crippen MR) is 178 cm³/mol. The molecule has 3 aromatic carbocycles. The molecule has 12 heteroatoms. The number of hydrogen-bond donors (Lipinski definition) is 1. The van der Waals surface area contributed by atoms with Crippen molar-refractivity contribution in [2.45, 2.75) is 55.3 Å². The normalized spacial score (nSPS) is 18.7. The van der Waals surface area contributed by atoms with Gasteiger partial charge in [-0.1, -0.05) is 77.8 Å². The lowest BCUT2D eigenvalue weighted by Crippen LogP contribution is -2.29. The minimum atomic E-state index is -0.959. The highest BCUT2D eigenvalue weighted by Crippen LogP contribution is 2.45. The number of hydrogen-bond acceptors (Lipinski definition) is 9. The van der Waals surface area contributed by atoms with Crippen LogP contribution in [0.3, 0.4) is 0 Å². The van der Waals surface area contributed by atoms with Gasteiger partial charge in [0, 0.05) is 27.8 Å². The van der Waals surface area contributed by atoms with Crippen LogP contribution in [0.1, 0.15) is 55.0 Å². The monoisotopic (exact) mass is 681 g/mol. The van der Waals surface area contributed by atoms with Gasteiger partial charge in [0.1, 0.15) is 23.4 Å². The number of ether oxygens (including phenoxy) is 2. The second kappa shape index (κ2) is 13.4. The summed E-state index contributed by atoms with van der Waals surface area (Å²) in [7, 11) is 0. The molecule has 3 heterocycles. The summed E-state index contributed by atoms with van der Waals surface area (Å²) < 4.78 is 12.3. The summed E-state index contributed by atoms with van der Waals surface area (Å²) in [5, 5.41) is 21.6. The molecular weight excluding hydrogens is 653 g/mol. The SMILES string of the molecule is CCCCOc1cccc([C@@H]2C(=C(O)c3ccc4c(c3)C[C@@H](C)O4)C(=O)C(=O)N2c2nnc(SCc3ccc(Cl)cc3Cl)s2)c1. The molecule has 1 amide bonds. The number of anilines is 1. The van der Waals surface area contributed by atoms with E-state index >= 15 is 0 Å². The largest absolute Gasteiger partial charge is 0.507 e. The lowest BCUT2D eigenvalue weighted by molar-refractivity contribution is -0.132. The first kappa shape index (κ1) is 31.4. The van der Waals surface area contributed by atoms with Crippen molar-refractivity contribution in [1.82, 2.24) is 10.2 Å². The molecule has 232 valence electrons. The number of ketones is 1. The molecular formula is C33H29Cl2N3O5S2. The van der Waals surface area contributed by atoms with Crippen LogP contribution in [-0.2, 0) is 21.8 Å². The second-order valence-electron chi connectivity index (χ2n) is 10.8. The lowest BCUT2D eigenvalue weighted by Gasteiger charge is -2.23. The van der Waals surface area contributed by atoms with Crippen LogP contribution >= 0.6 is 46.3 Å². The maximum absolute atomic E-state index is 13.7. The standard InChI is InChI=1S/C33H29Cl2N3O5S2/c1-3-4-12-42-24-7-5-6-19(15-24)28-27(29(39)20-9-11-26-22(14-20)13-18(2)43-26)30(40)31(41)38(28)32-36-37-33(45-32)44-17-21-8-10-23(34)16-25(21)35/h5-11,14-16,18,28,39H,3-4,12-13,17H2,1-2H3/t18-,28-/m1/s1. The Morgan fingerprint density at radius 1 is 1.13 bits per heavy atom. The number of aliphatic hydroxyl groups is 1. The van der Waals surface area contributed by atoms with Crippen molar-refractivity contribution in [2.24, 2.45) is 0 Å². The number of amides is 1. The molecule has 1 N–H and O–H groups in total. The Bertz CT molecular complexity index is 1810. The van der Waals surface area contributed by atoms with Crippen LogP contribution in [0.5, 0.6) is 11.5 Å². The molecule has 0 saturated carbocycles. The summed E-state index contributed by atoms with van der Waals surface area (Å²) in [6.45, 7) is 4.58. The molecule has 0 bridgehead atoms. The van der Waals surface area contributed by atoms with Crippen molar-refractivity contribution in [3.8, 4) is 11.5 Å². The number of nitrogens with zero attached hydrogens (tertiary/aromatic N) is 3. The van der Waals surface area contributed by atoms with Gasteiger partial charge < -0.3 is 14.6 Å². The first-order chi connectivity index (χ1) is 21.7.